The first kappa shape index (κ1) is 21.6. The van der Waals surface area contributed by atoms with Crippen molar-refractivity contribution in [2.24, 2.45) is 0 Å². The molecule has 0 radical (unpaired) electrons. The van der Waals surface area contributed by atoms with Crippen LogP contribution < -0.4 is 9.47 Å². The first-order valence-electron chi connectivity index (χ1n) is 9.69. The molecule has 1 aromatic heterocycles. The first-order chi connectivity index (χ1) is 14.6. The quantitative estimate of drug-likeness (QED) is 0.262. The number of aromatic nitrogens is 3. The highest BCUT2D eigenvalue weighted by Crippen LogP contribution is 2.29. The lowest BCUT2D eigenvalue weighted by molar-refractivity contribution is 0.0994. The Labute approximate surface area is 180 Å². The first-order valence-corrected chi connectivity index (χ1v) is 10.6. The van der Waals surface area contributed by atoms with E-state index in [1.54, 1.807) is 25.3 Å². The number of ketones is 1. The zero-order chi connectivity index (χ0) is 21.5. The van der Waals surface area contributed by atoms with E-state index in [4.69, 9.17) is 9.47 Å². The van der Waals surface area contributed by atoms with E-state index in [0.717, 1.165) is 22.9 Å². The highest BCUT2D eigenvalue weighted by Gasteiger charge is 2.21. The third-order valence-corrected chi connectivity index (χ3v) is 5.56. The van der Waals surface area contributed by atoms with Crippen LogP contribution in [0.15, 0.2) is 66.3 Å². The molecule has 0 aliphatic rings. The van der Waals surface area contributed by atoms with E-state index in [1.165, 1.54) is 11.8 Å². The number of methoxy groups -OCH3 is 1. The molecule has 0 spiro atoms. The van der Waals surface area contributed by atoms with Crippen molar-refractivity contribution >= 4 is 17.5 Å². The average molecular weight is 424 g/mol. The van der Waals surface area contributed by atoms with E-state index in [-0.39, 0.29) is 11.0 Å². The van der Waals surface area contributed by atoms with Gasteiger partial charge in [0.05, 0.1) is 19.0 Å². The van der Waals surface area contributed by atoms with Gasteiger partial charge in [-0.3, -0.25) is 9.36 Å². The van der Waals surface area contributed by atoms with Crippen molar-refractivity contribution in [3.05, 3.63) is 66.7 Å². The molecule has 6 nitrogen and oxygen atoms in total. The van der Waals surface area contributed by atoms with E-state index in [0.29, 0.717) is 23.9 Å². The lowest BCUT2D eigenvalue weighted by Gasteiger charge is -2.12. The van der Waals surface area contributed by atoms with Gasteiger partial charge in [-0.15, -0.1) is 16.8 Å². The fourth-order valence-electron chi connectivity index (χ4n) is 2.95. The van der Waals surface area contributed by atoms with Gasteiger partial charge in [-0.05, 0) is 62.4 Å². The van der Waals surface area contributed by atoms with E-state index >= 15 is 0 Å². The normalized spacial score (nSPS) is 11.7. The minimum Gasteiger partial charge on any atom is -0.497 e. The maximum Gasteiger partial charge on any atom is 0.192 e. The smallest absolute Gasteiger partial charge is 0.192 e. The van der Waals surface area contributed by atoms with Crippen LogP contribution in [0.3, 0.4) is 0 Å². The van der Waals surface area contributed by atoms with Crippen molar-refractivity contribution in [2.75, 3.05) is 13.7 Å². The molecule has 0 fully saturated rings. The Hall–Kier alpha value is -3.06. The number of ether oxygens (including phenoxy) is 2. The number of benzene rings is 2. The highest BCUT2D eigenvalue weighted by atomic mass is 32.2. The van der Waals surface area contributed by atoms with Crippen molar-refractivity contribution < 1.29 is 14.3 Å². The van der Waals surface area contributed by atoms with E-state index < -0.39 is 0 Å². The molecule has 30 heavy (non-hydrogen) atoms. The minimum absolute atomic E-state index is 0.0298. The summed E-state index contributed by atoms with van der Waals surface area (Å²) in [5.41, 5.74) is 1.56. The predicted molar refractivity (Wildman–Crippen MR) is 119 cm³/mol. The number of thioether (sulfide) groups is 1. The zero-order valence-corrected chi connectivity index (χ0v) is 18.2. The number of carbonyl (C=O) groups is 1. The van der Waals surface area contributed by atoms with Gasteiger partial charge in [0, 0.05) is 17.7 Å². The third-order valence-electron chi connectivity index (χ3n) is 4.48. The van der Waals surface area contributed by atoms with Crippen LogP contribution in [-0.4, -0.2) is 39.5 Å². The topological polar surface area (TPSA) is 66.2 Å². The second-order valence-corrected chi connectivity index (χ2v) is 7.82. The summed E-state index contributed by atoms with van der Waals surface area (Å²) in [6, 6.07) is 14.9. The van der Waals surface area contributed by atoms with Gasteiger partial charge in [0.2, 0.25) is 0 Å². The molecule has 3 rings (SSSR count). The van der Waals surface area contributed by atoms with Crippen molar-refractivity contribution in [3.63, 3.8) is 0 Å². The van der Waals surface area contributed by atoms with Gasteiger partial charge in [-0.25, -0.2) is 0 Å². The summed E-state index contributed by atoms with van der Waals surface area (Å²) in [5.74, 6) is 2.28. The molecular formula is C23H25N3O3S. The van der Waals surface area contributed by atoms with Crippen LogP contribution >= 0.6 is 11.8 Å². The fourth-order valence-corrected chi connectivity index (χ4v) is 3.89. The molecule has 2 aromatic carbocycles. The Balaban J connectivity index is 1.80. The van der Waals surface area contributed by atoms with Gasteiger partial charge in [-0.2, -0.15) is 0 Å². The van der Waals surface area contributed by atoms with Gasteiger partial charge >= 0.3 is 0 Å². The Kier molecular flexibility index (Phi) is 7.30. The van der Waals surface area contributed by atoms with Gasteiger partial charge in [-0.1, -0.05) is 17.8 Å². The number of Topliss-reactive ketones (excluding diaryl/α,β-unsaturated/α-hetero) is 1. The average Bonchev–Trinajstić information content (AvgIpc) is 3.16. The van der Waals surface area contributed by atoms with Crippen molar-refractivity contribution in [2.45, 2.75) is 30.8 Å². The van der Waals surface area contributed by atoms with Crippen molar-refractivity contribution in [1.82, 2.24) is 14.8 Å². The lowest BCUT2D eigenvalue weighted by atomic mass is 10.1. The van der Waals surface area contributed by atoms with Crippen molar-refractivity contribution in [3.8, 4) is 22.9 Å². The molecule has 3 aromatic rings. The SMILES string of the molecule is C=CCn1c(S[C@@H](C)C(=O)c2ccc(OCC)cc2)nnc1-c1ccc(OC)cc1. The van der Waals surface area contributed by atoms with E-state index in [1.807, 2.05) is 54.8 Å². The van der Waals surface area contributed by atoms with Crippen LogP contribution in [0.2, 0.25) is 0 Å². The van der Waals surface area contributed by atoms with Gasteiger partial charge < -0.3 is 9.47 Å². The number of nitrogens with zero attached hydrogens (tertiary/aromatic N) is 3. The molecule has 156 valence electrons. The maximum atomic E-state index is 12.9. The molecule has 0 bridgehead atoms. The van der Waals surface area contributed by atoms with E-state index in [2.05, 4.69) is 16.8 Å². The number of allylic oxidation sites excluding steroid dienone is 1. The highest BCUT2D eigenvalue weighted by molar-refractivity contribution is 8.00. The molecule has 0 aliphatic heterocycles. The Morgan fingerprint density at radius 3 is 2.40 bits per heavy atom. The summed E-state index contributed by atoms with van der Waals surface area (Å²) in [5, 5.41) is 9.04. The largest absolute Gasteiger partial charge is 0.497 e. The Morgan fingerprint density at radius 1 is 1.13 bits per heavy atom. The fraction of sp³-hybridized carbons (Fsp3) is 0.261. The van der Waals surface area contributed by atoms with Gasteiger partial charge in [0.15, 0.2) is 16.8 Å². The number of carbonyl (C=O) groups excluding carboxylic acids is 1. The number of rotatable bonds is 10. The van der Waals surface area contributed by atoms with Crippen LogP contribution in [0.1, 0.15) is 24.2 Å². The van der Waals surface area contributed by atoms with E-state index in [9.17, 15) is 4.79 Å². The summed E-state index contributed by atoms with van der Waals surface area (Å²) in [7, 11) is 1.63. The molecule has 0 amide bonds. The third kappa shape index (κ3) is 4.91. The maximum absolute atomic E-state index is 12.9. The summed E-state index contributed by atoms with van der Waals surface area (Å²) in [4.78, 5) is 12.9. The van der Waals surface area contributed by atoms with Crippen LogP contribution in [0.5, 0.6) is 11.5 Å². The molecule has 0 saturated carbocycles. The molecule has 0 unspecified atom stereocenters. The van der Waals surface area contributed by atoms with Crippen LogP contribution in [-0.2, 0) is 6.54 Å². The van der Waals surface area contributed by atoms with Crippen molar-refractivity contribution in [1.29, 1.82) is 0 Å². The Bertz CT molecular complexity index is 998. The minimum atomic E-state index is -0.320. The molecular weight excluding hydrogens is 398 g/mol. The van der Waals surface area contributed by atoms with Crippen LogP contribution in [0, 0.1) is 0 Å². The lowest BCUT2D eigenvalue weighted by Crippen LogP contribution is -2.15. The summed E-state index contributed by atoms with van der Waals surface area (Å²) < 4.78 is 12.6. The zero-order valence-electron chi connectivity index (χ0n) is 17.4. The molecule has 1 heterocycles. The van der Waals surface area contributed by atoms with Gasteiger partial charge in [0.25, 0.3) is 0 Å². The van der Waals surface area contributed by atoms with Gasteiger partial charge in [0.1, 0.15) is 11.5 Å². The molecule has 7 heteroatoms. The summed E-state index contributed by atoms with van der Waals surface area (Å²) in [6.45, 7) is 8.78. The molecule has 0 saturated heterocycles. The van der Waals surface area contributed by atoms with Crippen LogP contribution in [0.25, 0.3) is 11.4 Å². The molecule has 0 N–H and O–H groups in total. The molecule has 1 atom stereocenters. The summed E-state index contributed by atoms with van der Waals surface area (Å²) in [6.07, 6.45) is 1.79. The molecule has 0 aliphatic carbocycles. The second kappa shape index (κ2) is 10.1. The number of hydrogen-bond donors (Lipinski definition) is 0. The van der Waals surface area contributed by atoms with Crippen LogP contribution in [0.4, 0.5) is 0 Å². The standard InChI is InChI=1S/C23H25N3O3S/c1-5-15-26-22(18-9-11-19(28-4)12-10-18)24-25-23(26)30-16(3)21(27)17-7-13-20(14-8-17)29-6-2/h5,7-14,16H,1,6,15H2,2-4H3/t16-/m0/s1. The predicted octanol–water partition coefficient (Wildman–Crippen LogP) is 4.90. The second-order valence-electron chi connectivity index (χ2n) is 6.52. The monoisotopic (exact) mass is 423 g/mol. The summed E-state index contributed by atoms with van der Waals surface area (Å²) >= 11 is 1.39. The Morgan fingerprint density at radius 2 is 1.80 bits per heavy atom. The number of hydrogen-bond acceptors (Lipinski definition) is 6.